The molecule has 0 aromatic rings. The monoisotopic (exact) mass is 602 g/mol. The van der Waals surface area contributed by atoms with Crippen LogP contribution in [0.5, 0.6) is 0 Å². The van der Waals surface area contributed by atoms with Crippen LogP contribution in [-0.2, 0) is 9.53 Å². The molecule has 5 aliphatic rings. The zero-order chi connectivity index (χ0) is 30.5. The van der Waals surface area contributed by atoms with E-state index in [1.54, 1.807) is 0 Å². The fourth-order valence-electron chi connectivity index (χ4n) is 10.4. The van der Waals surface area contributed by atoms with Gasteiger partial charge in [-0.2, -0.15) is 0 Å². The minimum Gasteiger partial charge on any atom is -0.379 e. The smallest absolute Gasteiger partial charge is 0.223 e. The van der Waals surface area contributed by atoms with Gasteiger partial charge in [-0.05, 0) is 127 Å². The van der Waals surface area contributed by atoms with Gasteiger partial charge < -0.3 is 21.1 Å². The molecule has 0 aromatic carbocycles. The molecular weight excluding hydrogens is 534 g/mol. The average Bonchev–Trinajstić information content (AvgIpc) is 2.99. The van der Waals surface area contributed by atoms with Crippen molar-refractivity contribution in [3.63, 3.8) is 0 Å². The van der Waals surface area contributed by atoms with E-state index < -0.39 is 0 Å². The maximum Gasteiger partial charge on any atom is 0.223 e. The van der Waals surface area contributed by atoms with Gasteiger partial charge in [0.15, 0.2) is 0 Å². The lowest BCUT2D eigenvalue weighted by Gasteiger charge is -2.50. The predicted octanol–water partition coefficient (Wildman–Crippen LogP) is 4.89. The molecule has 3 aliphatic carbocycles. The number of piperidine rings is 1. The van der Waals surface area contributed by atoms with Crippen LogP contribution in [0.3, 0.4) is 0 Å². The van der Waals surface area contributed by atoms with Gasteiger partial charge in [-0.25, -0.2) is 0 Å². The van der Waals surface area contributed by atoms with Crippen molar-refractivity contribution < 1.29 is 9.53 Å². The van der Waals surface area contributed by atoms with Crippen molar-refractivity contribution in [2.45, 2.75) is 135 Å². The summed E-state index contributed by atoms with van der Waals surface area (Å²) in [6.07, 6.45) is 13.7. The summed E-state index contributed by atoms with van der Waals surface area (Å²) in [6.45, 7) is 18.9. The van der Waals surface area contributed by atoms with E-state index >= 15 is 0 Å². The van der Waals surface area contributed by atoms with Gasteiger partial charge in [0.25, 0.3) is 0 Å². The number of amides is 1. The molecule has 7 heteroatoms. The van der Waals surface area contributed by atoms with Crippen molar-refractivity contribution >= 4 is 5.91 Å². The van der Waals surface area contributed by atoms with Crippen molar-refractivity contribution in [3.8, 4) is 0 Å². The van der Waals surface area contributed by atoms with Gasteiger partial charge in [-0.1, -0.05) is 20.8 Å². The van der Waals surface area contributed by atoms with Gasteiger partial charge >= 0.3 is 0 Å². The van der Waals surface area contributed by atoms with Crippen molar-refractivity contribution in [3.05, 3.63) is 0 Å². The van der Waals surface area contributed by atoms with Gasteiger partial charge in [0.1, 0.15) is 0 Å². The fraction of sp³-hybridized carbons (Fsp3) is 0.972. The topological polar surface area (TPSA) is 82.9 Å². The number of morpholine rings is 1. The Morgan fingerprint density at radius 3 is 2.28 bits per heavy atom. The Hall–Kier alpha value is -0.730. The number of carbonyl (C=O) groups is 1. The number of hydrogen-bond donors (Lipinski definition) is 3. The van der Waals surface area contributed by atoms with Gasteiger partial charge in [0.05, 0.1) is 13.2 Å². The molecule has 2 aliphatic heterocycles. The Labute approximate surface area is 264 Å². The van der Waals surface area contributed by atoms with Crippen LogP contribution in [0.25, 0.3) is 0 Å². The van der Waals surface area contributed by atoms with Crippen LogP contribution in [0, 0.1) is 41.4 Å². The minimum atomic E-state index is 0.121. The van der Waals surface area contributed by atoms with Crippen molar-refractivity contribution in [1.29, 1.82) is 0 Å². The summed E-state index contributed by atoms with van der Waals surface area (Å²) in [5.74, 6) is 4.26. The molecule has 1 amide bonds. The highest BCUT2D eigenvalue weighted by Gasteiger charge is 2.45. The van der Waals surface area contributed by atoms with Gasteiger partial charge in [-0.3, -0.25) is 14.6 Å². The first-order valence-electron chi connectivity index (χ1n) is 18.6. The summed E-state index contributed by atoms with van der Waals surface area (Å²) < 4.78 is 5.59. The molecule has 0 aromatic heterocycles. The second-order valence-electron chi connectivity index (χ2n) is 15.8. The highest BCUT2D eigenvalue weighted by atomic mass is 16.5. The molecule has 2 saturated heterocycles. The van der Waals surface area contributed by atoms with Crippen LogP contribution >= 0.6 is 0 Å². The molecule has 5 rings (SSSR count). The van der Waals surface area contributed by atoms with Crippen molar-refractivity contribution in [2.75, 3.05) is 45.9 Å². The standard InChI is InChI=1S/C36H67N5O2/c1-6-41(32-13-11-31(37)12-14-32)35-21-30(29-9-7-28(8-10-29)23-40-15-17-43-18-16-40)20-33(26(35)4)36(42)38-22-34-24(2)19-25(3)39-27(34)5/h24-35,39H,6-23,37H2,1-5H3,(H,38,42). The molecule has 0 radical (unpaired) electrons. The molecule has 0 bridgehead atoms. The predicted molar refractivity (Wildman–Crippen MR) is 177 cm³/mol. The number of ether oxygens (including phenoxy) is 1. The number of nitrogens with zero attached hydrogens (tertiary/aromatic N) is 2. The Kier molecular flexibility index (Phi) is 12.3. The maximum absolute atomic E-state index is 14.1. The first-order valence-corrected chi connectivity index (χ1v) is 18.6. The third kappa shape index (κ3) is 8.55. The molecule has 0 spiro atoms. The second-order valence-corrected chi connectivity index (χ2v) is 15.8. The van der Waals surface area contributed by atoms with Crippen LogP contribution in [0.4, 0.5) is 0 Å². The molecule has 4 N–H and O–H groups in total. The first-order chi connectivity index (χ1) is 20.7. The second kappa shape index (κ2) is 15.7. The normalized spacial score (nSPS) is 43.4. The number of rotatable bonds is 9. The van der Waals surface area contributed by atoms with Crippen LogP contribution < -0.4 is 16.4 Å². The van der Waals surface area contributed by atoms with E-state index in [4.69, 9.17) is 10.5 Å². The van der Waals surface area contributed by atoms with Crippen LogP contribution in [0.1, 0.15) is 105 Å². The summed E-state index contributed by atoms with van der Waals surface area (Å²) in [5, 5.41) is 7.28. The van der Waals surface area contributed by atoms with Gasteiger partial charge in [-0.15, -0.1) is 0 Å². The molecular formula is C36H67N5O2. The van der Waals surface area contributed by atoms with E-state index in [1.165, 1.54) is 57.9 Å². The molecule has 2 heterocycles. The Morgan fingerprint density at radius 2 is 1.63 bits per heavy atom. The van der Waals surface area contributed by atoms with Crippen LogP contribution in [-0.4, -0.2) is 91.9 Å². The summed E-state index contributed by atoms with van der Waals surface area (Å²) >= 11 is 0. The summed E-state index contributed by atoms with van der Waals surface area (Å²) in [6, 6.07) is 2.51. The maximum atomic E-state index is 14.1. The van der Waals surface area contributed by atoms with E-state index in [0.717, 1.165) is 70.5 Å². The molecule has 7 nitrogen and oxygen atoms in total. The molecule has 3 saturated carbocycles. The molecule has 248 valence electrons. The van der Waals surface area contributed by atoms with Gasteiger partial charge in [0.2, 0.25) is 5.91 Å². The highest BCUT2D eigenvalue weighted by molar-refractivity contribution is 5.79. The fourth-order valence-corrected chi connectivity index (χ4v) is 10.4. The van der Waals surface area contributed by atoms with E-state index in [0.29, 0.717) is 59.8 Å². The Morgan fingerprint density at radius 1 is 0.930 bits per heavy atom. The first kappa shape index (κ1) is 33.6. The lowest BCUT2D eigenvalue weighted by atomic mass is 9.63. The average molecular weight is 602 g/mol. The largest absolute Gasteiger partial charge is 0.379 e. The summed E-state index contributed by atoms with van der Waals surface area (Å²) in [5.41, 5.74) is 6.33. The third-order valence-electron chi connectivity index (χ3n) is 13.0. The van der Waals surface area contributed by atoms with Crippen LogP contribution in [0.15, 0.2) is 0 Å². The Bertz CT molecular complexity index is 839. The molecule has 8 unspecified atom stereocenters. The third-order valence-corrected chi connectivity index (χ3v) is 13.0. The molecule has 43 heavy (non-hydrogen) atoms. The van der Waals surface area contributed by atoms with E-state index in [9.17, 15) is 4.79 Å². The highest BCUT2D eigenvalue weighted by Crippen LogP contribution is 2.46. The Balaban J connectivity index is 1.25. The van der Waals surface area contributed by atoms with Crippen molar-refractivity contribution in [1.82, 2.24) is 20.4 Å². The zero-order valence-corrected chi connectivity index (χ0v) is 28.4. The van der Waals surface area contributed by atoms with Gasteiger partial charge in [0, 0.05) is 62.3 Å². The van der Waals surface area contributed by atoms with E-state index in [2.05, 4.69) is 55.1 Å². The summed E-state index contributed by atoms with van der Waals surface area (Å²) in [4.78, 5) is 19.6. The van der Waals surface area contributed by atoms with Crippen LogP contribution in [0.2, 0.25) is 0 Å². The number of nitrogens with two attached hydrogens (primary N) is 1. The number of carbonyl (C=O) groups excluding carboxylic acids is 1. The minimum absolute atomic E-state index is 0.121. The molecule has 5 fully saturated rings. The SMILES string of the molecule is CCN(C1CCC(N)CC1)C1CC(C2CCC(CN3CCOCC3)CC2)CC(C(=O)NCC2C(C)CC(C)NC2C)C1C. The van der Waals surface area contributed by atoms with E-state index in [-0.39, 0.29) is 5.92 Å². The lowest BCUT2D eigenvalue weighted by molar-refractivity contribution is -0.131. The van der Waals surface area contributed by atoms with Crippen molar-refractivity contribution in [2.24, 2.45) is 47.2 Å². The number of hydrogen-bond acceptors (Lipinski definition) is 6. The number of nitrogens with one attached hydrogen (secondary N) is 2. The lowest BCUT2D eigenvalue weighted by Crippen LogP contribution is -2.56. The van der Waals surface area contributed by atoms with E-state index in [1.807, 2.05) is 0 Å². The zero-order valence-electron chi connectivity index (χ0n) is 28.4. The summed E-state index contributed by atoms with van der Waals surface area (Å²) in [7, 11) is 0. The quantitative estimate of drug-likeness (QED) is 0.349. The molecule has 8 atom stereocenters.